The van der Waals surface area contributed by atoms with Crippen molar-refractivity contribution in [3.63, 3.8) is 0 Å². The highest BCUT2D eigenvalue weighted by atomic mass is 79.9. The summed E-state index contributed by atoms with van der Waals surface area (Å²) < 4.78 is 16.6. The van der Waals surface area contributed by atoms with Crippen molar-refractivity contribution >= 4 is 28.1 Å². The fraction of sp³-hybridized carbons (Fsp3) is 0.200. The van der Waals surface area contributed by atoms with E-state index in [9.17, 15) is 4.39 Å². The molecule has 1 N–H and O–H groups in total. The molecule has 1 aromatic carbocycles. The number of benzene rings is 1. The van der Waals surface area contributed by atoms with Gasteiger partial charge in [-0.2, -0.15) is 5.10 Å². The van der Waals surface area contributed by atoms with Crippen LogP contribution in [0, 0.1) is 10.6 Å². The van der Waals surface area contributed by atoms with Crippen LogP contribution < -0.4 is 0 Å². The van der Waals surface area contributed by atoms with Gasteiger partial charge in [0, 0.05) is 11.0 Å². The molecule has 0 aliphatic rings. The number of hydrogen-bond donors (Lipinski definition) is 1. The smallest absolute Gasteiger partial charge is 0.195 e. The third-order valence-electron chi connectivity index (χ3n) is 2.26. The van der Waals surface area contributed by atoms with Crippen molar-refractivity contribution in [1.29, 1.82) is 0 Å². The van der Waals surface area contributed by atoms with Gasteiger partial charge in [0.15, 0.2) is 10.6 Å². The Morgan fingerprint density at radius 2 is 2.31 bits per heavy atom. The van der Waals surface area contributed by atoms with Gasteiger partial charge in [0.25, 0.3) is 0 Å². The molecule has 0 bridgehead atoms. The minimum absolute atomic E-state index is 0.321. The maximum atomic E-state index is 13.7. The Bertz CT molecular complexity index is 555. The Kier molecular flexibility index (Phi) is 3.20. The zero-order valence-electron chi connectivity index (χ0n) is 8.50. The second kappa shape index (κ2) is 4.47. The van der Waals surface area contributed by atoms with Gasteiger partial charge in [-0.25, -0.2) is 4.39 Å². The van der Waals surface area contributed by atoms with Gasteiger partial charge in [-0.15, -0.1) is 0 Å². The minimum atomic E-state index is -0.321. The van der Waals surface area contributed by atoms with E-state index in [0.29, 0.717) is 27.2 Å². The molecule has 0 radical (unpaired) electrons. The van der Waals surface area contributed by atoms with Crippen LogP contribution in [0.5, 0.6) is 0 Å². The van der Waals surface area contributed by atoms with E-state index in [4.69, 9.17) is 12.2 Å². The maximum Gasteiger partial charge on any atom is 0.195 e. The number of rotatable bonds is 2. The normalized spacial score (nSPS) is 10.7. The molecule has 6 heteroatoms. The summed E-state index contributed by atoms with van der Waals surface area (Å²) in [6.45, 7) is 2.58. The van der Waals surface area contributed by atoms with Gasteiger partial charge >= 0.3 is 0 Å². The van der Waals surface area contributed by atoms with E-state index >= 15 is 0 Å². The Morgan fingerprint density at radius 1 is 1.56 bits per heavy atom. The average Bonchev–Trinajstić information content (AvgIpc) is 2.59. The number of nitrogens with zero attached hydrogens (tertiary/aromatic N) is 2. The van der Waals surface area contributed by atoms with Gasteiger partial charge in [-0.3, -0.25) is 5.10 Å². The quantitative estimate of drug-likeness (QED) is 0.861. The summed E-state index contributed by atoms with van der Waals surface area (Å²) in [7, 11) is 0. The van der Waals surface area contributed by atoms with Gasteiger partial charge in [0.05, 0.1) is 5.56 Å². The first-order chi connectivity index (χ1) is 7.65. The van der Waals surface area contributed by atoms with Crippen molar-refractivity contribution in [2.75, 3.05) is 0 Å². The maximum absolute atomic E-state index is 13.7. The van der Waals surface area contributed by atoms with Crippen LogP contribution >= 0.6 is 28.1 Å². The van der Waals surface area contributed by atoms with E-state index in [1.54, 1.807) is 16.7 Å². The molecule has 0 aliphatic heterocycles. The lowest BCUT2D eigenvalue weighted by Crippen LogP contribution is -1.99. The predicted molar refractivity (Wildman–Crippen MR) is 66.2 cm³/mol. The van der Waals surface area contributed by atoms with E-state index in [1.165, 1.54) is 6.07 Å². The molecular formula is C10H9BrFN3S. The topological polar surface area (TPSA) is 33.6 Å². The average molecular weight is 302 g/mol. The number of halogens is 2. The highest BCUT2D eigenvalue weighted by Gasteiger charge is 2.15. The van der Waals surface area contributed by atoms with Gasteiger partial charge in [0.1, 0.15) is 5.82 Å². The minimum Gasteiger partial charge on any atom is -0.300 e. The van der Waals surface area contributed by atoms with Crippen LogP contribution in [-0.4, -0.2) is 14.8 Å². The molecule has 1 aromatic heterocycles. The third-order valence-corrected chi connectivity index (χ3v) is 3.23. The van der Waals surface area contributed by atoms with Crippen LogP contribution in [0.15, 0.2) is 22.7 Å². The summed E-state index contributed by atoms with van der Waals surface area (Å²) in [6.07, 6.45) is 0. The number of nitrogens with one attached hydrogen (secondary N) is 1. The molecule has 0 spiro atoms. The first kappa shape index (κ1) is 11.5. The lowest BCUT2D eigenvalue weighted by Gasteiger charge is -2.06. The predicted octanol–water partition coefficient (Wildman–Crippen LogP) is 3.53. The van der Waals surface area contributed by atoms with Crippen molar-refractivity contribution in [2.45, 2.75) is 13.5 Å². The second-order valence-corrected chi connectivity index (χ2v) is 4.43. The molecule has 2 aromatic rings. The van der Waals surface area contributed by atoms with Crippen molar-refractivity contribution < 1.29 is 4.39 Å². The molecule has 0 fully saturated rings. The number of hydrogen-bond acceptors (Lipinski definition) is 2. The van der Waals surface area contributed by atoms with E-state index in [-0.39, 0.29) is 5.82 Å². The molecule has 0 atom stereocenters. The van der Waals surface area contributed by atoms with Crippen LogP contribution in [0.4, 0.5) is 4.39 Å². The van der Waals surface area contributed by atoms with Crippen LogP contribution in [0.3, 0.4) is 0 Å². The molecule has 0 aliphatic carbocycles. The summed E-state index contributed by atoms with van der Waals surface area (Å²) in [5.74, 6) is 0.190. The highest BCUT2D eigenvalue weighted by molar-refractivity contribution is 9.10. The summed E-state index contributed by atoms with van der Waals surface area (Å²) in [5.41, 5.74) is 0.428. The fourth-order valence-corrected chi connectivity index (χ4v) is 2.29. The second-order valence-electron chi connectivity index (χ2n) is 3.19. The monoisotopic (exact) mass is 301 g/mol. The first-order valence-corrected chi connectivity index (χ1v) is 5.95. The standard InChI is InChI=1S/C10H9BrFN3S/c1-2-15-9(13-14-10(15)16)8-6(11)4-3-5-7(8)12/h3-5H,2H2,1H3,(H,14,16). The molecule has 0 unspecified atom stereocenters. The molecule has 16 heavy (non-hydrogen) atoms. The number of aromatic amines is 1. The summed E-state index contributed by atoms with van der Waals surface area (Å²) in [4.78, 5) is 0. The molecular weight excluding hydrogens is 293 g/mol. The van der Waals surface area contributed by atoms with Crippen LogP contribution in [0.2, 0.25) is 0 Å². The van der Waals surface area contributed by atoms with Crippen molar-refractivity contribution in [1.82, 2.24) is 14.8 Å². The largest absolute Gasteiger partial charge is 0.300 e. The molecule has 2 rings (SSSR count). The van der Waals surface area contributed by atoms with Crippen molar-refractivity contribution in [2.24, 2.45) is 0 Å². The SMILES string of the molecule is CCn1c(-c2c(F)cccc2Br)n[nH]c1=S. The molecule has 0 amide bonds. The summed E-state index contributed by atoms with van der Waals surface area (Å²) in [6, 6.07) is 4.81. The zero-order chi connectivity index (χ0) is 11.7. The Labute approximate surface area is 105 Å². The number of aromatic nitrogens is 3. The van der Waals surface area contributed by atoms with E-state index < -0.39 is 0 Å². The highest BCUT2D eigenvalue weighted by Crippen LogP contribution is 2.29. The van der Waals surface area contributed by atoms with Gasteiger partial charge in [0.2, 0.25) is 0 Å². The van der Waals surface area contributed by atoms with Gasteiger partial charge < -0.3 is 4.57 Å². The first-order valence-electron chi connectivity index (χ1n) is 4.74. The van der Waals surface area contributed by atoms with Crippen LogP contribution in [-0.2, 0) is 6.54 Å². The number of H-pyrrole nitrogens is 1. The van der Waals surface area contributed by atoms with Crippen LogP contribution in [0.25, 0.3) is 11.4 Å². The molecule has 3 nitrogen and oxygen atoms in total. The van der Waals surface area contributed by atoms with E-state index in [0.717, 1.165) is 0 Å². The lowest BCUT2D eigenvalue weighted by molar-refractivity contribution is 0.626. The van der Waals surface area contributed by atoms with E-state index in [1.807, 2.05) is 6.92 Å². The van der Waals surface area contributed by atoms with Gasteiger partial charge in [-0.05, 0) is 47.2 Å². The van der Waals surface area contributed by atoms with Gasteiger partial charge in [-0.1, -0.05) is 6.07 Å². The third kappa shape index (κ3) is 1.82. The molecule has 84 valence electrons. The molecule has 0 saturated heterocycles. The lowest BCUT2D eigenvalue weighted by atomic mass is 10.2. The van der Waals surface area contributed by atoms with Crippen LogP contribution in [0.1, 0.15) is 6.92 Å². The van der Waals surface area contributed by atoms with Crippen molar-refractivity contribution in [3.8, 4) is 11.4 Å². The Hall–Kier alpha value is -1.01. The zero-order valence-corrected chi connectivity index (χ0v) is 10.9. The summed E-state index contributed by atoms with van der Waals surface area (Å²) in [5, 5.41) is 6.72. The Morgan fingerprint density at radius 3 is 2.94 bits per heavy atom. The molecule has 0 saturated carbocycles. The summed E-state index contributed by atoms with van der Waals surface area (Å²) >= 11 is 8.38. The molecule has 1 heterocycles. The van der Waals surface area contributed by atoms with Crippen molar-refractivity contribution in [3.05, 3.63) is 33.3 Å². The van der Waals surface area contributed by atoms with E-state index in [2.05, 4.69) is 26.1 Å². The fourth-order valence-electron chi connectivity index (χ4n) is 1.51. The Balaban J connectivity index is 2.72.